The van der Waals surface area contributed by atoms with Crippen molar-refractivity contribution in [1.29, 1.82) is 0 Å². The highest BCUT2D eigenvalue weighted by molar-refractivity contribution is 5.93. The lowest BCUT2D eigenvalue weighted by molar-refractivity contribution is 0.0697. The summed E-state index contributed by atoms with van der Waals surface area (Å²) in [6, 6.07) is 18.5. The fraction of sp³-hybridized carbons (Fsp3) is 0. The van der Waals surface area contributed by atoms with Crippen LogP contribution in [0.4, 0.5) is 0 Å². The van der Waals surface area contributed by atoms with E-state index in [2.05, 4.69) is 9.97 Å². The van der Waals surface area contributed by atoms with Gasteiger partial charge in [-0.05, 0) is 41.5 Å². The Labute approximate surface area is 153 Å². The van der Waals surface area contributed by atoms with E-state index in [0.717, 1.165) is 11.1 Å². The zero-order valence-electron chi connectivity index (χ0n) is 14.0. The molecule has 0 amide bonds. The SMILES string of the molecule is O=C(O)c1ccc2c(=O)[nH]c(-c3ccc(-c4ccc(O)cc4)cc3)nc2c1. The normalized spacial score (nSPS) is 10.8. The number of H-pyrrole nitrogens is 1. The first-order valence-electron chi connectivity index (χ1n) is 8.18. The number of aromatic hydroxyl groups is 1. The number of carbonyl (C=O) groups is 1. The van der Waals surface area contributed by atoms with Crippen molar-refractivity contribution in [2.24, 2.45) is 0 Å². The van der Waals surface area contributed by atoms with E-state index < -0.39 is 5.97 Å². The first-order chi connectivity index (χ1) is 13.0. The molecule has 0 radical (unpaired) electrons. The van der Waals surface area contributed by atoms with Gasteiger partial charge in [0.25, 0.3) is 5.56 Å². The van der Waals surface area contributed by atoms with E-state index in [-0.39, 0.29) is 16.9 Å². The molecular weight excluding hydrogens is 344 g/mol. The molecule has 27 heavy (non-hydrogen) atoms. The van der Waals surface area contributed by atoms with Crippen molar-refractivity contribution in [3.63, 3.8) is 0 Å². The number of fused-ring (bicyclic) bond motifs is 1. The maximum atomic E-state index is 12.3. The van der Waals surface area contributed by atoms with Crippen LogP contribution in [-0.2, 0) is 0 Å². The van der Waals surface area contributed by atoms with Gasteiger partial charge in [-0.25, -0.2) is 9.78 Å². The number of phenols is 1. The van der Waals surface area contributed by atoms with Crippen molar-refractivity contribution in [3.8, 4) is 28.3 Å². The molecule has 0 aliphatic heterocycles. The number of aromatic amines is 1. The summed E-state index contributed by atoms with van der Waals surface area (Å²) in [4.78, 5) is 30.6. The van der Waals surface area contributed by atoms with E-state index >= 15 is 0 Å². The van der Waals surface area contributed by atoms with E-state index in [4.69, 9.17) is 5.11 Å². The van der Waals surface area contributed by atoms with Crippen molar-refractivity contribution < 1.29 is 15.0 Å². The van der Waals surface area contributed by atoms with Crippen molar-refractivity contribution in [1.82, 2.24) is 9.97 Å². The maximum Gasteiger partial charge on any atom is 0.335 e. The number of nitrogens with one attached hydrogen (secondary N) is 1. The van der Waals surface area contributed by atoms with Crippen LogP contribution in [-0.4, -0.2) is 26.2 Å². The molecule has 1 heterocycles. The highest BCUT2D eigenvalue weighted by Gasteiger charge is 2.10. The Morgan fingerprint density at radius 1 is 0.852 bits per heavy atom. The van der Waals surface area contributed by atoms with Crippen LogP contribution in [0.1, 0.15) is 10.4 Å². The van der Waals surface area contributed by atoms with Crippen LogP contribution in [0.3, 0.4) is 0 Å². The van der Waals surface area contributed by atoms with Gasteiger partial charge in [-0.15, -0.1) is 0 Å². The van der Waals surface area contributed by atoms with Crippen LogP contribution in [0, 0.1) is 0 Å². The van der Waals surface area contributed by atoms with Crippen LogP contribution in [0.15, 0.2) is 71.5 Å². The van der Waals surface area contributed by atoms with Gasteiger partial charge in [0.1, 0.15) is 11.6 Å². The largest absolute Gasteiger partial charge is 0.508 e. The number of phenolic OH excluding ortho intramolecular Hbond substituents is 1. The zero-order chi connectivity index (χ0) is 19.0. The molecular formula is C21H14N2O4. The number of hydrogen-bond acceptors (Lipinski definition) is 4. The Morgan fingerprint density at radius 2 is 1.44 bits per heavy atom. The van der Waals surface area contributed by atoms with Crippen molar-refractivity contribution in [2.45, 2.75) is 0 Å². The average molecular weight is 358 g/mol. The van der Waals surface area contributed by atoms with E-state index in [1.165, 1.54) is 18.2 Å². The molecule has 0 unspecified atom stereocenters. The second-order valence-electron chi connectivity index (χ2n) is 6.08. The van der Waals surface area contributed by atoms with Gasteiger partial charge in [0.05, 0.1) is 16.5 Å². The molecule has 6 heteroatoms. The minimum atomic E-state index is -1.07. The standard InChI is InChI=1S/C21H14N2O4/c24-16-8-5-13(6-9-16)12-1-3-14(4-2-12)19-22-18-11-15(21(26)27)7-10-17(18)20(25)23-19/h1-11,24H,(H,26,27)(H,22,23,25). The van der Waals surface area contributed by atoms with Gasteiger partial charge in [0, 0.05) is 5.56 Å². The van der Waals surface area contributed by atoms with E-state index in [1.54, 1.807) is 12.1 Å². The monoisotopic (exact) mass is 358 g/mol. The summed E-state index contributed by atoms with van der Waals surface area (Å²) < 4.78 is 0. The summed E-state index contributed by atoms with van der Waals surface area (Å²) in [5.74, 6) is -0.500. The average Bonchev–Trinajstić information content (AvgIpc) is 2.68. The number of aromatic carboxylic acids is 1. The van der Waals surface area contributed by atoms with E-state index in [9.17, 15) is 14.7 Å². The summed E-state index contributed by atoms with van der Waals surface area (Å²) >= 11 is 0. The first-order valence-corrected chi connectivity index (χ1v) is 8.18. The summed E-state index contributed by atoms with van der Waals surface area (Å²) in [6.45, 7) is 0. The fourth-order valence-electron chi connectivity index (χ4n) is 2.88. The quantitative estimate of drug-likeness (QED) is 0.518. The third-order valence-electron chi connectivity index (χ3n) is 4.31. The van der Waals surface area contributed by atoms with Gasteiger partial charge < -0.3 is 15.2 Å². The Balaban J connectivity index is 1.76. The smallest absolute Gasteiger partial charge is 0.335 e. The molecule has 4 aromatic rings. The molecule has 6 nitrogen and oxygen atoms in total. The molecule has 0 fully saturated rings. The minimum absolute atomic E-state index is 0.0780. The zero-order valence-corrected chi connectivity index (χ0v) is 14.0. The fourth-order valence-corrected chi connectivity index (χ4v) is 2.88. The van der Waals surface area contributed by atoms with E-state index in [0.29, 0.717) is 22.3 Å². The van der Waals surface area contributed by atoms with Gasteiger partial charge >= 0.3 is 5.97 Å². The molecule has 0 bridgehead atoms. The predicted molar refractivity (Wildman–Crippen MR) is 102 cm³/mol. The maximum absolute atomic E-state index is 12.3. The number of carboxylic acid groups (broad SMARTS) is 1. The lowest BCUT2D eigenvalue weighted by Crippen LogP contribution is -2.10. The topological polar surface area (TPSA) is 103 Å². The molecule has 1 aromatic heterocycles. The predicted octanol–water partition coefficient (Wildman–Crippen LogP) is 3.66. The van der Waals surface area contributed by atoms with Gasteiger partial charge in [-0.3, -0.25) is 4.79 Å². The molecule has 0 spiro atoms. The summed E-state index contributed by atoms with van der Waals surface area (Å²) in [7, 11) is 0. The Bertz CT molecular complexity index is 1210. The summed E-state index contributed by atoms with van der Waals surface area (Å²) in [5.41, 5.74) is 2.69. The lowest BCUT2D eigenvalue weighted by atomic mass is 10.0. The summed E-state index contributed by atoms with van der Waals surface area (Å²) in [6.07, 6.45) is 0. The minimum Gasteiger partial charge on any atom is -0.508 e. The Hall–Kier alpha value is -3.93. The lowest BCUT2D eigenvalue weighted by Gasteiger charge is -2.06. The van der Waals surface area contributed by atoms with Crippen LogP contribution in [0.5, 0.6) is 5.75 Å². The van der Waals surface area contributed by atoms with Crippen LogP contribution >= 0.6 is 0 Å². The van der Waals surface area contributed by atoms with E-state index in [1.807, 2.05) is 36.4 Å². The van der Waals surface area contributed by atoms with Gasteiger partial charge in [-0.2, -0.15) is 0 Å². The number of rotatable bonds is 3. The van der Waals surface area contributed by atoms with Crippen molar-refractivity contribution in [3.05, 3.63) is 82.6 Å². The molecule has 4 rings (SSSR count). The third-order valence-corrected chi connectivity index (χ3v) is 4.31. The van der Waals surface area contributed by atoms with Crippen molar-refractivity contribution in [2.75, 3.05) is 0 Å². The first kappa shape index (κ1) is 16.5. The molecule has 3 aromatic carbocycles. The molecule has 0 saturated heterocycles. The number of hydrogen-bond donors (Lipinski definition) is 3. The Morgan fingerprint density at radius 3 is 2.07 bits per heavy atom. The third kappa shape index (κ3) is 3.16. The number of benzene rings is 3. The molecule has 0 saturated carbocycles. The molecule has 0 aliphatic carbocycles. The van der Waals surface area contributed by atoms with Gasteiger partial charge in [0.15, 0.2) is 0 Å². The second-order valence-corrected chi connectivity index (χ2v) is 6.08. The van der Waals surface area contributed by atoms with Crippen molar-refractivity contribution >= 4 is 16.9 Å². The number of aromatic nitrogens is 2. The van der Waals surface area contributed by atoms with Crippen LogP contribution in [0.2, 0.25) is 0 Å². The Kier molecular flexibility index (Phi) is 3.93. The van der Waals surface area contributed by atoms with Crippen LogP contribution < -0.4 is 5.56 Å². The molecule has 0 aliphatic rings. The number of nitrogens with zero attached hydrogens (tertiary/aromatic N) is 1. The molecule has 0 atom stereocenters. The second kappa shape index (κ2) is 6.42. The highest BCUT2D eigenvalue weighted by Crippen LogP contribution is 2.25. The van der Waals surface area contributed by atoms with Crippen LogP contribution in [0.25, 0.3) is 33.4 Å². The highest BCUT2D eigenvalue weighted by atomic mass is 16.4. The summed E-state index contributed by atoms with van der Waals surface area (Å²) in [5, 5.41) is 18.8. The molecule has 132 valence electrons. The van der Waals surface area contributed by atoms with Gasteiger partial charge in [0.2, 0.25) is 0 Å². The number of carboxylic acids is 1. The molecule has 3 N–H and O–H groups in total. The van der Waals surface area contributed by atoms with Gasteiger partial charge in [-0.1, -0.05) is 36.4 Å².